The van der Waals surface area contributed by atoms with Crippen LogP contribution in [-0.4, -0.2) is 14.5 Å². The molecule has 0 saturated heterocycles. The Labute approximate surface area is 228 Å². The SMILES string of the molecule is c1ccc(-c2cccc(-n3c4ccccc4c4cc(-c5cccs5)c(-c5nc6ccccc6o5)cc43)c2)nc1. The lowest BCUT2D eigenvalue weighted by molar-refractivity contribution is 0.620. The van der Waals surface area contributed by atoms with E-state index >= 15 is 0 Å². The molecule has 39 heavy (non-hydrogen) atoms. The Hall–Kier alpha value is -5.00. The number of rotatable bonds is 4. The van der Waals surface area contributed by atoms with Crippen molar-refractivity contribution in [3.8, 4) is 38.8 Å². The Morgan fingerprint density at radius 3 is 2.44 bits per heavy atom. The largest absolute Gasteiger partial charge is 0.436 e. The molecule has 0 fully saturated rings. The summed E-state index contributed by atoms with van der Waals surface area (Å²) < 4.78 is 8.65. The number of hydrogen-bond acceptors (Lipinski definition) is 4. The number of oxazole rings is 1. The van der Waals surface area contributed by atoms with Crippen LogP contribution in [0.15, 0.2) is 131 Å². The van der Waals surface area contributed by atoms with Crippen molar-refractivity contribution in [2.24, 2.45) is 0 Å². The molecule has 8 aromatic rings. The summed E-state index contributed by atoms with van der Waals surface area (Å²) in [5, 5.41) is 4.51. The van der Waals surface area contributed by atoms with Crippen LogP contribution in [-0.2, 0) is 0 Å². The zero-order chi connectivity index (χ0) is 25.8. The first kappa shape index (κ1) is 22.0. The van der Waals surface area contributed by atoms with E-state index in [2.05, 4.69) is 87.7 Å². The monoisotopic (exact) mass is 519 g/mol. The van der Waals surface area contributed by atoms with Crippen molar-refractivity contribution in [1.29, 1.82) is 0 Å². The van der Waals surface area contributed by atoms with Crippen molar-refractivity contribution in [1.82, 2.24) is 14.5 Å². The molecule has 4 nitrogen and oxygen atoms in total. The average Bonchev–Trinajstić information content (AvgIpc) is 3.75. The zero-order valence-corrected chi connectivity index (χ0v) is 21.6. The first-order valence-electron chi connectivity index (χ1n) is 12.8. The summed E-state index contributed by atoms with van der Waals surface area (Å²) in [5.41, 5.74) is 9.10. The third-order valence-electron chi connectivity index (χ3n) is 7.19. The summed E-state index contributed by atoms with van der Waals surface area (Å²) >= 11 is 1.73. The van der Waals surface area contributed by atoms with Crippen LogP contribution in [0.3, 0.4) is 0 Å². The number of benzene rings is 4. The molecule has 5 heteroatoms. The van der Waals surface area contributed by atoms with Gasteiger partial charge in [-0.2, -0.15) is 0 Å². The van der Waals surface area contributed by atoms with Crippen molar-refractivity contribution in [2.45, 2.75) is 0 Å². The number of para-hydroxylation sites is 3. The molecule has 8 rings (SSSR count). The van der Waals surface area contributed by atoms with E-state index in [4.69, 9.17) is 9.40 Å². The molecule has 0 aliphatic rings. The number of pyridine rings is 1. The van der Waals surface area contributed by atoms with Gasteiger partial charge in [0.2, 0.25) is 5.89 Å². The molecular formula is C34H21N3OS. The van der Waals surface area contributed by atoms with Crippen LogP contribution in [0.1, 0.15) is 0 Å². The molecule has 0 atom stereocenters. The lowest BCUT2D eigenvalue weighted by Crippen LogP contribution is -1.95. The second-order valence-corrected chi connectivity index (χ2v) is 10.4. The predicted molar refractivity (Wildman–Crippen MR) is 160 cm³/mol. The van der Waals surface area contributed by atoms with Gasteiger partial charge in [-0.05, 0) is 66.0 Å². The van der Waals surface area contributed by atoms with Gasteiger partial charge in [0.05, 0.1) is 16.7 Å². The molecule has 0 amide bonds. The normalized spacial score (nSPS) is 11.6. The summed E-state index contributed by atoms with van der Waals surface area (Å²) in [4.78, 5) is 10.7. The van der Waals surface area contributed by atoms with Crippen LogP contribution in [0, 0.1) is 0 Å². The minimum Gasteiger partial charge on any atom is -0.436 e. The fraction of sp³-hybridized carbons (Fsp3) is 0. The van der Waals surface area contributed by atoms with Crippen molar-refractivity contribution in [3.63, 3.8) is 0 Å². The van der Waals surface area contributed by atoms with E-state index in [1.165, 1.54) is 15.6 Å². The molecule has 0 N–H and O–H groups in total. The highest BCUT2D eigenvalue weighted by atomic mass is 32.1. The number of nitrogens with zero attached hydrogens (tertiary/aromatic N) is 3. The van der Waals surface area contributed by atoms with Gasteiger partial charge in [-0.25, -0.2) is 4.98 Å². The van der Waals surface area contributed by atoms with Crippen LogP contribution in [0.4, 0.5) is 0 Å². The van der Waals surface area contributed by atoms with E-state index in [0.717, 1.165) is 50.2 Å². The van der Waals surface area contributed by atoms with Gasteiger partial charge in [0, 0.05) is 44.2 Å². The van der Waals surface area contributed by atoms with Crippen molar-refractivity contribution in [3.05, 3.63) is 127 Å². The van der Waals surface area contributed by atoms with Crippen LogP contribution < -0.4 is 0 Å². The number of aromatic nitrogens is 3. The molecule has 0 aliphatic heterocycles. The molecule has 0 aliphatic carbocycles. The predicted octanol–water partition coefficient (Wildman–Crippen LogP) is 9.38. The summed E-state index contributed by atoms with van der Waals surface area (Å²) in [6.45, 7) is 0. The first-order valence-corrected chi connectivity index (χ1v) is 13.7. The Morgan fingerprint density at radius 1 is 0.667 bits per heavy atom. The summed E-state index contributed by atoms with van der Waals surface area (Å²) in [6, 6.07) is 39.9. The molecule has 0 bridgehead atoms. The minimum atomic E-state index is 0.626. The van der Waals surface area contributed by atoms with Gasteiger partial charge in [-0.3, -0.25) is 4.98 Å². The van der Waals surface area contributed by atoms with Gasteiger partial charge in [-0.15, -0.1) is 11.3 Å². The Balaban J connectivity index is 1.45. The molecule has 0 saturated carbocycles. The molecule has 0 spiro atoms. The smallest absolute Gasteiger partial charge is 0.228 e. The fourth-order valence-corrected chi connectivity index (χ4v) is 6.19. The fourth-order valence-electron chi connectivity index (χ4n) is 5.43. The van der Waals surface area contributed by atoms with E-state index in [0.29, 0.717) is 5.89 Å². The average molecular weight is 520 g/mol. The van der Waals surface area contributed by atoms with E-state index in [1.807, 2.05) is 48.7 Å². The molecule has 4 aromatic carbocycles. The van der Waals surface area contributed by atoms with E-state index in [-0.39, 0.29) is 0 Å². The van der Waals surface area contributed by atoms with Crippen LogP contribution in [0.5, 0.6) is 0 Å². The lowest BCUT2D eigenvalue weighted by Gasteiger charge is -2.12. The third-order valence-corrected chi connectivity index (χ3v) is 8.09. The van der Waals surface area contributed by atoms with Crippen LogP contribution in [0.2, 0.25) is 0 Å². The van der Waals surface area contributed by atoms with Gasteiger partial charge >= 0.3 is 0 Å². The van der Waals surface area contributed by atoms with Crippen molar-refractivity contribution < 1.29 is 4.42 Å². The molecule has 0 radical (unpaired) electrons. The second-order valence-electron chi connectivity index (χ2n) is 9.50. The lowest BCUT2D eigenvalue weighted by atomic mass is 10.0. The summed E-state index contributed by atoms with van der Waals surface area (Å²) in [5.74, 6) is 0.626. The Bertz CT molecular complexity index is 2090. The Kier molecular flexibility index (Phi) is 4.96. The third kappa shape index (κ3) is 3.59. The summed E-state index contributed by atoms with van der Waals surface area (Å²) in [7, 11) is 0. The summed E-state index contributed by atoms with van der Waals surface area (Å²) in [6.07, 6.45) is 1.83. The zero-order valence-electron chi connectivity index (χ0n) is 20.8. The Morgan fingerprint density at radius 2 is 1.56 bits per heavy atom. The van der Waals surface area contributed by atoms with Gasteiger partial charge in [0.1, 0.15) is 5.52 Å². The molecular weight excluding hydrogens is 498 g/mol. The van der Waals surface area contributed by atoms with E-state index in [1.54, 1.807) is 11.3 Å². The maximum atomic E-state index is 6.31. The number of fused-ring (bicyclic) bond motifs is 4. The standard InChI is InChI=1S/C34H21N3OS/c1-3-14-30-24(11-1)25-20-26(33-16-8-18-39-33)27(34-36-29-13-2-4-15-32(29)38-34)21-31(25)37(30)23-10-7-9-22(19-23)28-12-5-6-17-35-28/h1-21H. The minimum absolute atomic E-state index is 0.626. The quantitative estimate of drug-likeness (QED) is 0.233. The highest BCUT2D eigenvalue weighted by molar-refractivity contribution is 7.13. The topological polar surface area (TPSA) is 43.9 Å². The van der Waals surface area contributed by atoms with E-state index in [9.17, 15) is 0 Å². The maximum absolute atomic E-state index is 6.31. The van der Waals surface area contributed by atoms with Gasteiger partial charge in [0.25, 0.3) is 0 Å². The molecule has 4 heterocycles. The van der Waals surface area contributed by atoms with Crippen molar-refractivity contribution >= 4 is 44.2 Å². The number of hydrogen-bond donors (Lipinski definition) is 0. The van der Waals surface area contributed by atoms with Gasteiger partial charge in [0.15, 0.2) is 5.58 Å². The first-order chi connectivity index (χ1) is 19.3. The second kappa shape index (κ2) is 8.79. The molecule has 184 valence electrons. The van der Waals surface area contributed by atoms with Crippen molar-refractivity contribution in [2.75, 3.05) is 0 Å². The van der Waals surface area contributed by atoms with Gasteiger partial charge < -0.3 is 8.98 Å². The number of thiophene rings is 1. The molecule has 4 aromatic heterocycles. The van der Waals surface area contributed by atoms with Crippen LogP contribution >= 0.6 is 11.3 Å². The highest BCUT2D eigenvalue weighted by Gasteiger charge is 2.20. The van der Waals surface area contributed by atoms with E-state index < -0.39 is 0 Å². The van der Waals surface area contributed by atoms with Gasteiger partial charge in [-0.1, -0.05) is 54.6 Å². The highest BCUT2D eigenvalue weighted by Crippen LogP contribution is 2.42. The maximum Gasteiger partial charge on any atom is 0.228 e. The molecule has 0 unspecified atom stereocenters. The van der Waals surface area contributed by atoms with Crippen LogP contribution in [0.25, 0.3) is 71.7 Å².